The third-order valence-corrected chi connectivity index (χ3v) is 7.20. The fraction of sp³-hybridized carbons (Fsp3) is 0.417. The number of aryl methyl sites for hydroxylation is 1. The molecule has 1 aliphatic heterocycles. The van der Waals surface area contributed by atoms with Gasteiger partial charge in [-0.05, 0) is 68.8 Å². The molecule has 3 N–H and O–H groups in total. The highest BCUT2D eigenvalue weighted by Gasteiger charge is 2.27. The number of carbonyl (C=O) groups excluding carboxylic acids is 2. The van der Waals surface area contributed by atoms with E-state index in [0.717, 1.165) is 42.1 Å². The van der Waals surface area contributed by atoms with Crippen molar-refractivity contribution in [2.24, 2.45) is 0 Å². The van der Waals surface area contributed by atoms with Crippen LogP contribution >= 0.6 is 0 Å². The van der Waals surface area contributed by atoms with Gasteiger partial charge in [0, 0.05) is 41.8 Å². The second-order valence-electron chi connectivity index (χ2n) is 7.80. The number of rotatable bonds is 9. The summed E-state index contributed by atoms with van der Waals surface area (Å²) in [6.45, 7) is 13.1. The van der Waals surface area contributed by atoms with E-state index in [2.05, 4.69) is 34.4 Å². The first-order valence-electron chi connectivity index (χ1n) is 11.1. The van der Waals surface area contributed by atoms with Crippen molar-refractivity contribution in [1.29, 1.82) is 0 Å². The number of hydrogen-bond acceptors (Lipinski definition) is 4. The predicted octanol–water partition coefficient (Wildman–Crippen LogP) is 3.32. The maximum absolute atomic E-state index is 12.8. The molecule has 3 rings (SSSR count). The molecule has 1 unspecified atom stereocenters. The van der Waals surface area contributed by atoms with Crippen LogP contribution in [0.25, 0.3) is 11.6 Å². The zero-order valence-corrected chi connectivity index (χ0v) is 20.2. The molecule has 1 aromatic carbocycles. The third kappa shape index (κ3) is 4.92. The quantitative estimate of drug-likeness (QED) is 0.398. The molecule has 172 valence electrons. The highest BCUT2D eigenvalue weighted by atomic mass is 32.2. The molecular formula is C24H32N4O3S. The summed E-state index contributed by atoms with van der Waals surface area (Å²) < 4.78 is 12.2. The molecule has 2 aromatic rings. The first-order valence-corrected chi connectivity index (χ1v) is 12.4. The van der Waals surface area contributed by atoms with Crippen LogP contribution in [0.5, 0.6) is 0 Å². The highest BCUT2D eigenvalue weighted by molar-refractivity contribution is 7.91. The van der Waals surface area contributed by atoms with E-state index in [1.165, 1.54) is 0 Å². The van der Waals surface area contributed by atoms with Crippen LogP contribution in [0.3, 0.4) is 0 Å². The second kappa shape index (κ2) is 10.4. The standard InChI is InChI=1S/C24H32N4O3S/c1-6-28(7-2)12-11-25-24(30)22-15(4)21(26-16(22)5)14-19-18-13-17(32(31)8-3)9-10-20(18)27-23(19)29/h9-10,13-14,26H,6-8,11-12H2,1-5H3,(H,25,30)(H,27,29)/b19-14-. The molecule has 0 radical (unpaired) electrons. The molecular weight excluding hydrogens is 424 g/mol. The molecule has 2 heterocycles. The summed E-state index contributed by atoms with van der Waals surface area (Å²) >= 11 is -1.10. The van der Waals surface area contributed by atoms with Crippen LogP contribution in [0.2, 0.25) is 0 Å². The van der Waals surface area contributed by atoms with Gasteiger partial charge in [-0.1, -0.05) is 13.8 Å². The fourth-order valence-corrected chi connectivity index (χ4v) is 4.78. The van der Waals surface area contributed by atoms with E-state index in [-0.39, 0.29) is 11.8 Å². The number of hydrogen-bond donors (Lipinski definition) is 3. The van der Waals surface area contributed by atoms with E-state index in [9.17, 15) is 14.1 Å². The first-order chi connectivity index (χ1) is 15.3. The number of anilines is 1. The average molecular weight is 457 g/mol. The lowest BCUT2D eigenvalue weighted by Crippen LogP contribution is -2.35. The van der Waals surface area contributed by atoms with Gasteiger partial charge in [0.2, 0.25) is 0 Å². The number of aromatic nitrogens is 1. The minimum absolute atomic E-state index is 0.120. The summed E-state index contributed by atoms with van der Waals surface area (Å²) in [5, 5.41) is 5.86. The number of amides is 2. The fourth-order valence-electron chi connectivity index (χ4n) is 3.98. The molecule has 1 atom stereocenters. The molecule has 0 spiro atoms. The molecule has 2 amide bonds. The number of fused-ring (bicyclic) bond motifs is 1. The first kappa shape index (κ1) is 24.1. The monoisotopic (exact) mass is 456 g/mol. The maximum Gasteiger partial charge on any atom is 0.256 e. The largest absolute Gasteiger partial charge is 0.611 e. The van der Waals surface area contributed by atoms with Gasteiger partial charge in [0.1, 0.15) is 5.75 Å². The molecule has 7 nitrogen and oxygen atoms in total. The predicted molar refractivity (Wildman–Crippen MR) is 130 cm³/mol. The molecule has 0 fully saturated rings. The van der Waals surface area contributed by atoms with Gasteiger partial charge in [0.25, 0.3) is 11.8 Å². The van der Waals surface area contributed by atoms with E-state index in [4.69, 9.17) is 0 Å². The number of likely N-dealkylation sites (N-methyl/N-ethyl adjacent to an activating group) is 1. The summed E-state index contributed by atoms with van der Waals surface area (Å²) in [7, 11) is 0. The van der Waals surface area contributed by atoms with Crippen molar-refractivity contribution in [3.05, 3.63) is 46.3 Å². The molecule has 0 bridgehead atoms. The van der Waals surface area contributed by atoms with Crippen molar-refractivity contribution in [2.75, 3.05) is 37.2 Å². The van der Waals surface area contributed by atoms with Gasteiger partial charge in [0.05, 0.1) is 11.1 Å². The zero-order valence-electron chi connectivity index (χ0n) is 19.4. The maximum atomic E-state index is 12.8. The lowest BCUT2D eigenvalue weighted by Gasteiger charge is -2.18. The van der Waals surface area contributed by atoms with Crippen molar-refractivity contribution in [2.45, 2.75) is 39.5 Å². The molecule has 0 saturated carbocycles. The summed E-state index contributed by atoms with van der Waals surface area (Å²) in [5.74, 6) is 0.183. The Labute approximate surface area is 192 Å². The highest BCUT2D eigenvalue weighted by Crippen LogP contribution is 2.35. The van der Waals surface area contributed by atoms with E-state index < -0.39 is 11.2 Å². The van der Waals surface area contributed by atoms with Crippen molar-refractivity contribution in [3.8, 4) is 0 Å². The minimum atomic E-state index is -1.10. The average Bonchev–Trinajstić information content (AvgIpc) is 3.25. The van der Waals surface area contributed by atoms with E-state index in [0.29, 0.717) is 34.0 Å². The van der Waals surface area contributed by atoms with Crippen LogP contribution in [0, 0.1) is 13.8 Å². The van der Waals surface area contributed by atoms with Gasteiger partial charge < -0.3 is 25.1 Å². The number of H-pyrrole nitrogens is 1. The lowest BCUT2D eigenvalue weighted by atomic mass is 10.0. The molecule has 8 heteroatoms. The summed E-state index contributed by atoms with van der Waals surface area (Å²) in [6, 6.07) is 5.38. The summed E-state index contributed by atoms with van der Waals surface area (Å²) in [6.07, 6.45) is 1.77. The Balaban J connectivity index is 1.86. The van der Waals surface area contributed by atoms with Crippen molar-refractivity contribution in [3.63, 3.8) is 0 Å². The SMILES string of the molecule is CCN(CC)CCNC(=O)c1c(C)[nH]c(/C=C2\C(=O)Nc3ccc([S+]([O-])CC)cc32)c1C. The molecule has 32 heavy (non-hydrogen) atoms. The Morgan fingerprint density at radius 1 is 1.22 bits per heavy atom. The zero-order chi connectivity index (χ0) is 23.4. The van der Waals surface area contributed by atoms with Crippen LogP contribution < -0.4 is 10.6 Å². The van der Waals surface area contributed by atoms with Gasteiger partial charge >= 0.3 is 0 Å². The van der Waals surface area contributed by atoms with E-state index in [1.54, 1.807) is 18.2 Å². The Morgan fingerprint density at radius 3 is 2.59 bits per heavy atom. The molecule has 0 saturated heterocycles. The number of benzene rings is 1. The third-order valence-electron chi connectivity index (χ3n) is 5.90. The number of nitrogens with zero attached hydrogens (tertiary/aromatic N) is 1. The Morgan fingerprint density at radius 2 is 1.94 bits per heavy atom. The Bertz CT molecular complexity index is 1040. The van der Waals surface area contributed by atoms with E-state index >= 15 is 0 Å². The smallest absolute Gasteiger partial charge is 0.256 e. The number of carbonyl (C=O) groups is 2. The van der Waals surface area contributed by atoms with Crippen molar-refractivity contribution in [1.82, 2.24) is 15.2 Å². The lowest BCUT2D eigenvalue weighted by molar-refractivity contribution is -0.110. The van der Waals surface area contributed by atoms with Gasteiger partial charge in [-0.3, -0.25) is 9.59 Å². The summed E-state index contributed by atoms with van der Waals surface area (Å²) in [5.41, 5.74) is 4.80. The van der Waals surface area contributed by atoms with Crippen molar-refractivity contribution >= 4 is 40.3 Å². The topological polar surface area (TPSA) is 100 Å². The second-order valence-corrected chi connectivity index (χ2v) is 9.54. The van der Waals surface area contributed by atoms with Crippen LogP contribution in [-0.2, 0) is 16.0 Å². The Hall–Kier alpha value is -2.55. The van der Waals surface area contributed by atoms with Crippen LogP contribution in [0.4, 0.5) is 5.69 Å². The van der Waals surface area contributed by atoms with Crippen LogP contribution in [0.1, 0.15) is 53.6 Å². The van der Waals surface area contributed by atoms with Gasteiger partial charge in [-0.2, -0.15) is 0 Å². The summed E-state index contributed by atoms with van der Waals surface area (Å²) in [4.78, 5) is 31.7. The number of aromatic amines is 1. The van der Waals surface area contributed by atoms with Gasteiger partial charge in [0.15, 0.2) is 4.90 Å². The van der Waals surface area contributed by atoms with Crippen molar-refractivity contribution < 1.29 is 14.1 Å². The van der Waals surface area contributed by atoms with Gasteiger partial charge in [-0.15, -0.1) is 0 Å². The van der Waals surface area contributed by atoms with E-state index in [1.807, 2.05) is 26.8 Å². The minimum Gasteiger partial charge on any atom is -0.611 e. The molecule has 0 aliphatic carbocycles. The number of nitrogens with one attached hydrogen (secondary N) is 3. The molecule has 1 aromatic heterocycles. The normalized spacial score (nSPS) is 15.2. The van der Waals surface area contributed by atoms with Crippen LogP contribution in [-0.4, -0.2) is 58.2 Å². The van der Waals surface area contributed by atoms with Gasteiger partial charge in [-0.25, -0.2) is 0 Å². The Kier molecular flexibility index (Phi) is 7.82. The molecule has 1 aliphatic rings. The van der Waals surface area contributed by atoms with Crippen LogP contribution in [0.15, 0.2) is 23.1 Å².